The van der Waals surface area contributed by atoms with E-state index in [2.05, 4.69) is 4.90 Å². The molecule has 3 aliphatic heterocycles. The van der Waals surface area contributed by atoms with Crippen molar-refractivity contribution in [3.05, 3.63) is 95.2 Å². The van der Waals surface area contributed by atoms with Crippen LogP contribution in [0.25, 0.3) is 0 Å². The number of ether oxygens (including phenoxy) is 3. The van der Waals surface area contributed by atoms with E-state index >= 15 is 0 Å². The van der Waals surface area contributed by atoms with Gasteiger partial charge in [0.2, 0.25) is 5.91 Å². The van der Waals surface area contributed by atoms with E-state index in [1.807, 2.05) is 72.9 Å². The van der Waals surface area contributed by atoms with Crippen molar-refractivity contribution < 1.29 is 23.8 Å². The van der Waals surface area contributed by atoms with Crippen molar-refractivity contribution in [2.45, 2.75) is 17.9 Å². The van der Waals surface area contributed by atoms with Gasteiger partial charge in [-0.1, -0.05) is 36.4 Å². The third-order valence-electron chi connectivity index (χ3n) is 7.57. The van der Waals surface area contributed by atoms with Crippen LogP contribution in [0.3, 0.4) is 0 Å². The number of hydrogen-bond donors (Lipinski definition) is 0. The van der Waals surface area contributed by atoms with E-state index in [1.54, 1.807) is 19.1 Å². The van der Waals surface area contributed by atoms with Crippen molar-refractivity contribution in [3.63, 3.8) is 0 Å². The molecular formula is C29H26N2O5. The minimum absolute atomic E-state index is 0.179. The van der Waals surface area contributed by atoms with E-state index < -0.39 is 17.4 Å². The highest BCUT2D eigenvalue weighted by Crippen LogP contribution is 2.61. The molecule has 2 atom stereocenters. The van der Waals surface area contributed by atoms with Crippen molar-refractivity contribution in [1.82, 2.24) is 4.90 Å². The lowest BCUT2D eigenvalue weighted by Gasteiger charge is -2.41. The number of anilines is 2. The number of nitrogens with zero attached hydrogens (tertiary/aromatic N) is 2. The summed E-state index contributed by atoms with van der Waals surface area (Å²) in [6, 6.07) is 20.7. The van der Waals surface area contributed by atoms with Crippen LogP contribution in [0.15, 0.2) is 78.5 Å². The molecule has 0 aliphatic carbocycles. The Morgan fingerprint density at radius 2 is 1.64 bits per heavy atom. The van der Waals surface area contributed by atoms with Gasteiger partial charge in [-0.15, -0.1) is 0 Å². The number of benzene rings is 3. The van der Waals surface area contributed by atoms with Crippen molar-refractivity contribution in [1.29, 1.82) is 0 Å². The number of methoxy groups -OCH3 is 3. The van der Waals surface area contributed by atoms with E-state index in [0.717, 1.165) is 34.5 Å². The lowest BCUT2D eigenvalue weighted by molar-refractivity contribution is -0.138. The molecule has 6 rings (SSSR count). The Labute approximate surface area is 209 Å². The third kappa shape index (κ3) is 2.80. The van der Waals surface area contributed by atoms with E-state index in [1.165, 1.54) is 7.11 Å². The molecule has 3 aromatic carbocycles. The van der Waals surface area contributed by atoms with Crippen LogP contribution in [-0.4, -0.2) is 44.7 Å². The maximum atomic E-state index is 14.8. The molecule has 0 fully saturated rings. The molecule has 1 amide bonds. The summed E-state index contributed by atoms with van der Waals surface area (Å²) in [7, 11) is 4.57. The lowest BCUT2D eigenvalue weighted by Crippen LogP contribution is -2.48. The second-order valence-electron chi connectivity index (χ2n) is 9.13. The molecule has 0 radical (unpaired) electrons. The highest BCUT2D eigenvalue weighted by atomic mass is 16.5. The quantitative estimate of drug-likeness (QED) is 0.517. The first-order chi connectivity index (χ1) is 17.6. The lowest BCUT2D eigenvalue weighted by atomic mass is 9.67. The summed E-state index contributed by atoms with van der Waals surface area (Å²) in [5, 5.41) is 0. The third-order valence-corrected chi connectivity index (χ3v) is 7.57. The first-order valence-corrected chi connectivity index (χ1v) is 11.9. The predicted octanol–water partition coefficient (Wildman–Crippen LogP) is 4.29. The minimum atomic E-state index is -1.28. The van der Waals surface area contributed by atoms with Gasteiger partial charge < -0.3 is 19.1 Å². The molecule has 0 aromatic heterocycles. The number of fused-ring (bicyclic) bond motifs is 6. The molecule has 7 heteroatoms. The second kappa shape index (κ2) is 8.16. The molecular weight excluding hydrogens is 456 g/mol. The van der Waals surface area contributed by atoms with Crippen molar-refractivity contribution >= 4 is 23.3 Å². The van der Waals surface area contributed by atoms with Crippen LogP contribution in [0.5, 0.6) is 11.5 Å². The molecule has 0 saturated heterocycles. The first-order valence-electron chi connectivity index (χ1n) is 11.9. The molecule has 0 N–H and O–H groups in total. The van der Waals surface area contributed by atoms with E-state index in [0.29, 0.717) is 23.6 Å². The zero-order valence-corrected chi connectivity index (χ0v) is 20.4. The first kappa shape index (κ1) is 22.2. The highest BCUT2D eigenvalue weighted by Gasteiger charge is 2.65. The summed E-state index contributed by atoms with van der Waals surface area (Å²) in [6.07, 6.45) is 2.56. The molecule has 0 bridgehead atoms. The molecule has 0 saturated carbocycles. The van der Waals surface area contributed by atoms with E-state index in [4.69, 9.17) is 14.2 Å². The van der Waals surface area contributed by atoms with Gasteiger partial charge in [-0.2, -0.15) is 0 Å². The molecule has 7 nitrogen and oxygen atoms in total. The van der Waals surface area contributed by atoms with Crippen LogP contribution in [0.4, 0.5) is 11.4 Å². The average Bonchev–Trinajstić information content (AvgIpc) is 3.41. The van der Waals surface area contributed by atoms with Crippen molar-refractivity contribution in [2.75, 3.05) is 32.8 Å². The normalized spacial score (nSPS) is 21.6. The number of amides is 1. The molecule has 182 valence electrons. The van der Waals surface area contributed by atoms with Gasteiger partial charge in [-0.3, -0.25) is 9.69 Å². The Balaban J connectivity index is 1.65. The maximum absolute atomic E-state index is 14.8. The van der Waals surface area contributed by atoms with Crippen LogP contribution in [0, 0.1) is 0 Å². The summed E-state index contributed by atoms with van der Waals surface area (Å²) < 4.78 is 16.4. The number of para-hydroxylation sites is 2. The zero-order valence-electron chi connectivity index (χ0n) is 20.4. The highest BCUT2D eigenvalue weighted by molar-refractivity contribution is 6.19. The Hall–Kier alpha value is -4.26. The summed E-state index contributed by atoms with van der Waals surface area (Å²) in [5.41, 5.74) is 3.35. The van der Waals surface area contributed by atoms with Gasteiger partial charge in [0, 0.05) is 18.4 Å². The second-order valence-corrected chi connectivity index (χ2v) is 9.13. The van der Waals surface area contributed by atoms with E-state index in [9.17, 15) is 9.59 Å². The molecule has 0 unspecified atom stereocenters. The largest absolute Gasteiger partial charge is 0.493 e. The van der Waals surface area contributed by atoms with Gasteiger partial charge in [-0.25, -0.2) is 4.79 Å². The Kier molecular flexibility index (Phi) is 5.03. The number of rotatable bonds is 4. The fraction of sp³-hybridized carbons (Fsp3) is 0.241. The fourth-order valence-electron chi connectivity index (χ4n) is 6.09. The van der Waals surface area contributed by atoms with Crippen LogP contribution in [0.2, 0.25) is 0 Å². The Morgan fingerprint density at radius 1 is 0.944 bits per heavy atom. The zero-order chi connectivity index (χ0) is 25.0. The topological polar surface area (TPSA) is 68.3 Å². The predicted molar refractivity (Wildman–Crippen MR) is 135 cm³/mol. The minimum Gasteiger partial charge on any atom is -0.493 e. The fourth-order valence-corrected chi connectivity index (χ4v) is 6.09. The van der Waals surface area contributed by atoms with E-state index in [-0.39, 0.29) is 5.91 Å². The standard InChI is InChI=1S/C29H26N2O5/c1-34-24-15-18-13-14-30-17-22(27(32)36-3)29(26(30)20(18)16-25(24)35-2)21-11-7-8-12-23(21)31(28(29)33)19-9-5-4-6-10-19/h4-12,15-17,26H,13-14H2,1-3H3/t26-,29+/m1/s1. The van der Waals surface area contributed by atoms with Crippen molar-refractivity contribution in [3.8, 4) is 11.5 Å². The van der Waals surface area contributed by atoms with Gasteiger partial charge in [0.15, 0.2) is 11.5 Å². The molecule has 36 heavy (non-hydrogen) atoms. The van der Waals surface area contributed by atoms with Gasteiger partial charge >= 0.3 is 5.97 Å². The molecule has 3 heterocycles. The van der Waals surface area contributed by atoms with Gasteiger partial charge in [-0.05, 0) is 53.4 Å². The number of carbonyl (C=O) groups excluding carboxylic acids is 2. The van der Waals surface area contributed by atoms with Crippen molar-refractivity contribution in [2.24, 2.45) is 0 Å². The number of carbonyl (C=O) groups is 2. The average molecular weight is 483 g/mol. The van der Waals surface area contributed by atoms with Crippen LogP contribution < -0.4 is 14.4 Å². The summed E-state index contributed by atoms with van der Waals surface area (Å²) in [6.45, 7) is 0.649. The monoisotopic (exact) mass is 482 g/mol. The summed E-state index contributed by atoms with van der Waals surface area (Å²) >= 11 is 0. The SMILES string of the molecule is COC(=O)C1=CN2CCc3cc(OC)c(OC)cc3[C@@H]2[C@@]12C(=O)N(c1ccccc1)c1ccccc12. The molecule has 3 aliphatic rings. The van der Waals surface area contributed by atoms with Crippen LogP contribution in [-0.2, 0) is 26.2 Å². The number of hydrogen-bond acceptors (Lipinski definition) is 6. The van der Waals surface area contributed by atoms with Gasteiger partial charge in [0.25, 0.3) is 0 Å². The molecule has 1 spiro atoms. The maximum Gasteiger partial charge on any atom is 0.336 e. The summed E-state index contributed by atoms with van der Waals surface area (Å²) in [5.74, 6) is 0.534. The number of esters is 1. The van der Waals surface area contributed by atoms with Crippen LogP contribution >= 0.6 is 0 Å². The smallest absolute Gasteiger partial charge is 0.336 e. The van der Waals surface area contributed by atoms with Crippen LogP contribution in [0.1, 0.15) is 22.7 Å². The Morgan fingerprint density at radius 3 is 2.36 bits per heavy atom. The molecule has 3 aromatic rings. The summed E-state index contributed by atoms with van der Waals surface area (Å²) in [4.78, 5) is 31.9. The Bertz CT molecular complexity index is 1420. The van der Waals surface area contributed by atoms with Gasteiger partial charge in [0.1, 0.15) is 5.41 Å². The van der Waals surface area contributed by atoms with Gasteiger partial charge in [0.05, 0.1) is 38.6 Å².